The third-order valence-corrected chi connectivity index (χ3v) is 4.95. The minimum atomic E-state index is -4.03. The Bertz CT molecular complexity index is 604. The second-order valence-corrected chi connectivity index (χ2v) is 7.04. The summed E-state index contributed by atoms with van der Waals surface area (Å²) in [6.45, 7) is 3.29. The third-order valence-electron chi connectivity index (χ3n) is 3.87. The standard InChI is InChI=1S/C14H25NO8S/c1-8-23-12(16)11-10(2)9-13(19-3,20-4)14(21-5,22-6)15(11)24(7,17)18/h8-9H2,1-7H3. The van der Waals surface area contributed by atoms with Crippen LogP contribution in [-0.2, 0) is 38.5 Å². The van der Waals surface area contributed by atoms with Crippen LogP contribution in [0.4, 0.5) is 0 Å². The predicted molar refractivity (Wildman–Crippen MR) is 84.1 cm³/mol. The van der Waals surface area contributed by atoms with Crippen LogP contribution in [0.25, 0.3) is 0 Å². The van der Waals surface area contributed by atoms with E-state index in [-0.39, 0.29) is 18.7 Å². The van der Waals surface area contributed by atoms with Crippen LogP contribution in [0.2, 0.25) is 0 Å². The van der Waals surface area contributed by atoms with E-state index in [1.165, 1.54) is 28.4 Å². The van der Waals surface area contributed by atoms with Crippen molar-refractivity contribution >= 4 is 16.0 Å². The Kier molecular flexibility index (Phi) is 6.39. The fourth-order valence-corrected chi connectivity index (χ4v) is 4.19. The van der Waals surface area contributed by atoms with Crippen molar-refractivity contribution in [2.24, 2.45) is 0 Å². The van der Waals surface area contributed by atoms with E-state index in [9.17, 15) is 13.2 Å². The van der Waals surface area contributed by atoms with Gasteiger partial charge in [-0.25, -0.2) is 17.5 Å². The van der Waals surface area contributed by atoms with Crippen molar-refractivity contribution in [3.05, 3.63) is 11.3 Å². The van der Waals surface area contributed by atoms with Crippen LogP contribution in [-0.4, -0.2) is 71.7 Å². The molecular weight excluding hydrogens is 342 g/mol. The highest BCUT2D eigenvalue weighted by Crippen LogP contribution is 2.47. The number of methoxy groups -OCH3 is 4. The molecular formula is C14H25NO8S. The van der Waals surface area contributed by atoms with Gasteiger partial charge in [0.05, 0.1) is 12.9 Å². The van der Waals surface area contributed by atoms with E-state index < -0.39 is 27.7 Å². The molecule has 140 valence electrons. The SMILES string of the molecule is CCOC(=O)C1=C(C)CC(OC)(OC)C(OC)(OC)N1S(C)(=O)=O. The van der Waals surface area contributed by atoms with Crippen LogP contribution in [0, 0.1) is 0 Å². The smallest absolute Gasteiger partial charge is 0.355 e. The molecule has 0 bridgehead atoms. The van der Waals surface area contributed by atoms with Gasteiger partial charge >= 0.3 is 11.9 Å². The Morgan fingerprint density at radius 2 is 1.62 bits per heavy atom. The first-order chi connectivity index (χ1) is 11.1. The van der Waals surface area contributed by atoms with Crippen molar-refractivity contribution in [3.8, 4) is 0 Å². The van der Waals surface area contributed by atoms with Gasteiger partial charge in [-0.15, -0.1) is 0 Å². The van der Waals surface area contributed by atoms with Gasteiger partial charge in [-0.1, -0.05) is 0 Å². The first kappa shape index (κ1) is 20.8. The van der Waals surface area contributed by atoms with E-state index in [1.54, 1.807) is 13.8 Å². The number of nitrogens with zero attached hydrogens (tertiary/aromatic N) is 1. The van der Waals surface area contributed by atoms with Crippen LogP contribution in [0.15, 0.2) is 11.3 Å². The zero-order valence-corrected chi connectivity index (χ0v) is 15.9. The summed E-state index contributed by atoms with van der Waals surface area (Å²) < 4.78 is 52.4. The van der Waals surface area contributed by atoms with E-state index in [0.717, 1.165) is 6.26 Å². The summed E-state index contributed by atoms with van der Waals surface area (Å²) in [5.41, 5.74) is 0.208. The number of esters is 1. The molecule has 0 saturated heterocycles. The summed E-state index contributed by atoms with van der Waals surface area (Å²) in [6.07, 6.45) is 0.954. The Balaban J connectivity index is 3.83. The fourth-order valence-electron chi connectivity index (χ4n) is 2.91. The van der Waals surface area contributed by atoms with Gasteiger partial charge in [0.25, 0.3) is 0 Å². The maximum absolute atomic E-state index is 12.5. The molecule has 1 aliphatic rings. The van der Waals surface area contributed by atoms with E-state index in [1.807, 2.05) is 0 Å². The number of rotatable bonds is 7. The molecule has 1 aliphatic heterocycles. The van der Waals surface area contributed by atoms with E-state index >= 15 is 0 Å². The molecule has 9 nitrogen and oxygen atoms in total. The number of ether oxygens (including phenoxy) is 5. The molecule has 0 saturated carbocycles. The molecule has 0 aromatic rings. The summed E-state index contributed by atoms with van der Waals surface area (Å²) in [5.74, 6) is -4.48. The number of carbonyl (C=O) groups is 1. The highest BCUT2D eigenvalue weighted by Gasteiger charge is 2.66. The van der Waals surface area contributed by atoms with E-state index in [4.69, 9.17) is 23.7 Å². The zero-order chi connectivity index (χ0) is 18.8. The first-order valence-electron chi connectivity index (χ1n) is 7.18. The summed E-state index contributed by atoms with van der Waals surface area (Å²) in [4.78, 5) is 12.4. The fraction of sp³-hybridized carbons (Fsp3) is 0.786. The van der Waals surface area contributed by atoms with Crippen LogP contribution in [0.5, 0.6) is 0 Å². The van der Waals surface area contributed by atoms with E-state index in [2.05, 4.69) is 0 Å². The topological polar surface area (TPSA) is 101 Å². The van der Waals surface area contributed by atoms with Crippen LogP contribution in [0.1, 0.15) is 20.3 Å². The van der Waals surface area contributed by atoms with Crippen molar-refractivity contribution in [1.29, 1.82) is 0 Å². The Labute approximate surface area is 142 Å². The quantitative estimate of drug-likeness (QED) is 0.471. The Morgan fingerprint density at radius 3 is 1.96 bits per heavy atom. The summed E-state index contributed by atoms with van der Waals surface area (Å²) in [7, 11) is 1.10. The summed E-state index contributed by atoms with van der Waals surface area (Å²) >= 11 is 0. The average Bonchev–Trinajstić information content (AvgIpc) is 2.52. The molecule has 0 radical (unpaired) electrons. The lowest BCUT2D eigenvalue weighted by Gasteiger charge is -2.53. The molecule has 0 N–H and O–H groups in total. The molecule has 0 fully saturated rings. The minimum absolute atomic E-state index is 0.0296. The molecule has 1 rings (SSSR count). The van der Waals surface area contributed by atoms with Gasteiger partial charge < -0.3 is 23.7 Å². The summed E-state index contributed by atoms with van der Waals surface area (Å²) in [5, 5.41) is 0. The molecule has 0 aromatic heterocycles. The van der Waals surface area contributed by atoms with Crippen molar-refractivity contribution < 1.29 is 36.9 Å². The van der Waals surface area contributed by atoms with Crippen LogP contribution < -0.4 is 0 Å². The van der Waals surface area contributed by atoms with Crippen molar-refractivity contribution in [2.75, 3.05) is 41.3 Å². The lowest BCUT2D eigenvalue weighted by molar-refractivity contribution is -0.422. The van der Waals surface area contributed by atoms with Gasteiger partial charge in [0.1, 0.15) is 5.70 Å². The van der Waals surface area contributed by atoms with Crippen molar-refractivity contribution in [1.82, 2.24) is 4.31 Å². The van der Waals surface area contributed by atoms with Crippen LogP contribution in [0.3, 0.4) is 0 Å². The lowest BCUT2D eigenvalue weighted by atomic mass is 9.95. The predicted octanol–water partition coefficient (Wildman–Crippen LogP) is 0.425. The van der Waals surface area contributed by atoms with Gasteiger partial charge in [-0.05, 0) is 19.4 Å². The maximum atomic E-state index is 12.5. The molecule has 0 spiro atoms. The Morgan fingerprint density at radius 1 is 1.12 bits per heavy atom. The summed E-state index contributed by atoms with van der Waals surface area (Å²) in [6, 6.07) is 0. The number of hydrogen-bond acceptors (Lipinski definition) is 8. The van der Waals surface area contributed by atoms with Crippen molar-refractivity contribution in [3.63, 3.8) is 0 Å². The lowest BCUT2D eigenvalue weighted by Crippen LogP contribution is -2.71. The molecule has 0 aromatic carbocycles. The monoisotopic (exact) mass is 367 g/mol. The molecule has 10 heteroatoms. The van der Waals surface area contributed by atoms with Gasteiger partial charge in [0.15, 0.2) is 0 Å². The number of sulfonamides is 1. The van der Waals surface area contributed by atoms with Crippen molar-refractivity contribution in [2.45, 2.75) is 32.0 Å². The Hall–Kier alpha value is -1.20. The normalized spacial score (nSPS) is 20.2. The van der Waals surface area contributed by atoms with Gasteiger partial charge in [0, 0.05) is 34.9 Å². The maximum Gasteiger partial charge on any atom is 0.355 e. The zero-order valence-electron chi connectivity index (χ0n) is 15.0. The minimum Gasteiger partial charge on any atom is -0.461 e. The highest BCUT2D eigenvalue weighted by atomic mass is 32.2. The molecule has 1 heterocycles. The second kappa shape index (κ2) is 7.36. The molecule has 0 aliphatic carbocycles. The average molecular weight is 367 g/mol. The van der Waals surface area contributed by atoms with Gasteiger partial charge in [0.2, 0.25) is 15.8 Å². The van der Waals surface area contributed by atoms with Crippen LogP contribution >= 0.6 is 0 Å². The first-order valence-corrected chi connectivity index (χ1v) is 9.03. The van der Waals surface area contributed by atoms with Gasteiger partial charge in [-0.3, -0.25) is 0 Å². The molecule has 0 unspecified atom stereocenters. The second-order valence-electron chi connectivity index (χ2n) is 5.20. The van der Waals surface area contributed by atoms with E-state index in [0.29, 0.717) is 9.88 Å². The molecule has 24 heavy (non-hydrogen) atoms. The number of carbonyl (C=O) groups excluding carboxylic acids is 1. The number of hydrogen-bond donors (Lipinski definition) is 0. The molecule has 0 atom stereocenters. The van der Waals surface area contributed by atoms with Gasteiger partial charge in [-0.2, -0.15) is 0 Å². The largest absolute Gasteiger partial charge is 0.461 e. The molecule has 0 amide bonds. The third kappa shape index (κ3) is 3.04. The highest BCUT2D eigenvalue weighted by molar-refractivity contribution is 7.88.